The van der Waals surface area contributed by atoms with Crippen molar-refractivity contribution in [2.75, 3.05) is 0 Å². The molecule has 0 spiro atoms. The summed E-state index contributed by atoms with van der Waals surface area (Å²) in [6.07, 6.45) is 5.02. The fourth-order valence-corrected chi connectivity index (χ4v) is 2.88. The van der Waals surface area contributed by atoms with Crippen molar-refractivity contribution in [3.63, 3.8) is 0 Å². The van der Waals surface area contributed by atoms with Crippen LogP contribution in [0.5, 0.6) is 0 Å². The lowest BCUT2D eigenvalue weighted by molar-refractivity contribution is 0.571. The molecule has 0 atom stereocenters. The summed E-state index contributed by atoms with van der Waals surface area (Å²) in [7, 11) is 0. The molecule has 0 fully saturated rings. The first-order valence-corrected chi connectivity index (χ1v) is 8.09. The second-order valence-electron chi connectivity index (χ2n) is 5.84. The van der Waals surface area contributed by atoms with Gasteiger partial charge in [0.05, 0.1) is 30.1 Å². The van der Waals surface area contributed by atoms with Crippen molar-refractivity contribution in [1.82, 2.24) is 9.55 Å². The molecule has 0 aliphatic rings. The molecule has 0 bridgehead atoms. The average molecular weight is 343 g/mol. The molecule has 2 aromatic carbocycles. The van der Waals surface area contributed by atoms with Crippen molar-refractivity contribution in [2.24, 2.45) is 0 Å². The van der Waals surface area contributed by atoms with Crippen LogP contribution in [0.1, 0.15) is 11.1 Å². The first-order valence-electron chi connectivity index (χ1n) is 8.09. The van der Waals surface area contributed by atoms with Gasteiger partial charge in [0.1, 0.15) is 17.3 Å². The maximum atomic E-state index is 15.2. The molecule has 0 saturated carbocycles. The lowest BCUT2D eigenvalue weighted by Crippen LogP contribution is -2.02. The van der Waals surface area contributed by atoms with Crippen LogP contribution in [0.4, 0.5) is 4.39 Å². The molecule has 4 aromatic rings. The Bertz CT molecular complexity index is 1080. The molecule has 26 heavy (non-hydrogen) atoms. The van der Waals surface area contributed by atoms with Crippen molar-refractivity contribution in [3.8, 4) is 28.7 Å². The summed E-state index contributed by atoms with van der Waals surface area (Å²) in [6.45, 7) is 0.330. The standard InChI is InChI=1S/C21H14FN3O/c22-21-17(13-25-11-10-24-14-25)7-6-16(12-23)20(21)19-9-8-18(26-19)15-4-2-1-3-5-15/h1-11,14H,13H2. The van der Waals surface area contributed by atoms with Crippen LogP contribution in [-0.2, 0) is 6.54 Å². The summed E-state index contributed by atoms with van der Waals surface area (Å²) in [5.41, 5.74) is 1.79. The van der Waals surface area contributed by atoms with E-state index in [1.54, 1.807) is 47.6 Å². The monoisotopic (exact) mass is 343 g/mol. The van der Waals surface area contributed by atoms with Crippen molar-refractivity contribution < 1.29 is 8.81 Å². The molecule has 126 valence electrons. The van der Waals surface area contributed by atoms with Crippen LogP contribution in [0.2, 0.25) is 0 Å². The van der Waals surface area contributed by atoms with Gasteiger partial charge in [-0.25, -0.2) is 9.37 Å². The number of rotatable bonds is 4. The molecule has 5 heteroatoms. The fraction of sp³-hybridized carbons (Fsp3) is 0.0476. The number of nitrogens with zero attached hydrogens (tertiary/aromatic N) is 3. The van der Waals surface area contributed by atoms with E-state index in [4.69, 9.17) is 4.42 Å². The van der Waals surface area contributed by atoms with E-state index in [9.17, 15) is 5.26 Å². The maximum absolute atomic E-state index is 15.2. The van der Waals surface area contributed by atoms with Crippen molar-refractivity contribution >= 4 is 0 Å². The lowest BCUT2D eigenvalue weighted by Gasteiger charge is -2.09. The Morgan fingerprint density at radius 3 is 2.58 bits per heavy atom. The molecule has 0 N–H and O–H groups in total. The minimum absolute atomic E-state index is 0.187. The van der Waals surface area contributed by atoms with Crippen LogP contribution in [0.25, 0.3) is 22.6 Å². The van der Waals surface area contributed by atoms with Crippen molar-refractivity contribution in [3.05, 3.63) is 90.3 Å². The highest BCUT2D eigenvalue weighted by molar-refractivity contribution is 5.71. The summed E-state index contributed by atoms with van der Waals surface area (Å²) < 4.78 is 22.8. The zero-order chi connectivity index (χ0) is 17.9. The van der Waals surface area contributed by atoms with Crippen molar-refractivity contribution in [2.45, 2.75) is 6.54 Å². The minimum Gasteiger partial charge on any atom is -0.456 e. The van der Waals surface area contributed by atoms with Gasteiger partial charge in [-0.1, -0.05) is 36.4 Å². The van der Waals surface area contributed by atoms with Gasteiger partial charge >= 0.3 is 0 Å². The molecule has 0 radical (unpaired) electrons. The van der Waals surface area contributed by atoms with E-state index in [1.165, 1.54) is 0 Å². The molecular formula is C21H14FN3O. The summed E-state index contributed by atoms with van der Waals surface area (Å²) in [4.78, 5) is 3.97. The Balaban J connectivity index is 1.78. The third kappa shape index (κ3) is 2.89. The van der Waals surface area contributed by atoms with Crippen LogP contribution in [0.15, 0.2) is 77.7 Å². The van der Waals surface area contributed by atoms with E-state index in [2.05, 4.69) is 11.1 Å². The second-order valence-corrected chi connectivity index (χ2v) is 5.84. The van der Waals surface area contributed by atoms with Crippen LogP contribution in [0, 0.1) is 17.1 Å². The van der Waals surface area contributed by atoms with Crippen LogP contribution >= 0.6 is 0 Å². The Morgan fingerprint density at radius 1 is 1.04 bits per heavy atom. The van der Waals surface area contributed by atoms with Gasteiger partial charge < -0.3 is 8.98 Å². The predicted octanol–water partition coefficient (Wildman–Crippen LogP) is 4.87. The second kappa shape index (κ2) is 6.69. The number of benzene rings is 2. The Kier molecular flexibility index (Phi) is 4.08. The Labute approximate surface area is 149 Å². The van der Waals surface area contributed by atoms with Gasteiger partial charge in [0.25, 0.3) is 0 Å². The first kappa shape index (κ1) is 15.9. The predicted molar refractivity (Wildman–Crippen MR) is 95.6 cm³/mol. The van der Waals surface area contributed by atoms with Crippen LogP contribution in [-0.4, -0.2) is 9.55 Å². The van der Waals surface area contributed by atoms with Crippen LogP contribution < -0.4 is 0 Å². The van der Waals surface area contributed by atoms with E-state index in [0.717, 1.165) is 5.56 Å². The highest BCUT2D eigenvalue weighted by Gasteiger charge is 2.19. The van der Waals surface area contributed by atoms with Gasteiger partial charge in [0, 0.05) is 23.5 Å². The van der Waals surface area contributed by atoms with Gasteiger partial charge in [-0.15, -0.1) is 0 Å². The molecule has 0 aliphatic heterocycles. The summed E-state index contributed by atoms with van der Waals surface area (Å²) in [6, 6.07) is 18.3. The summed E-state index contributed by atoms with van der Waals surface area (Å²) in [5, 5.41) is 9.40. The molecular weight excluding hydrogens is 329 g/mol. The number of nitriles is 1. The number of hydrogen-bond donors (Lipinski definition) is 0. The zero-order valence-corrected chi connectivity index (χ0v) is 13.8. The highest BCUT2D eigenvalue weighted by Crippen LogP contribution is 2.33. The third-order valence-corrected chi connectivity index (χ3v) is 4.17. The van der Waals surface area contributed by atoms with E-state index >= 15 is 4.39 Å². The normalized spacial score (nSPS) is 10.6. The SMILES string of the molecule is N#Cc1ccc(Cn2ccnc2)c(F)c1-c1ccc(-c2ccccc2)o1. The van der Waals surface area contributed by atoms with Gasteiger partial charge in [0.2, 0.25) is 0 Å². The number of hydrogen-bond acceptors (Lipinski definition) is 3. The van der Waals surface area contributed by atoms with E-state index < -0.39 is 5.82 Å². The molecule has 4 rings (SSSR count). The Hall–Kier alpha value is -3.65. The number of imidazole rings is 1. The lowest BCUT2D eigenvalue weighted by atomic mass is 10.0. The largest absolute Gasteiger partial charge is 0.456 e. The van der Waals surface area contributed by atoms with Crippen LogP contribution in [0.3, 0.4) is 0 Å². The summed E-state index contributed by atoms with van der Waals surface area (Å²) in [5.74, 6) is 0.515. The molecule has 0 unspecified atom stereocenters. The molecule has 2 aromatic heterocycles. The average Bonchev–Trinajstić information content (AvgIpc) is 3.36. The molecule has 0 saturated heterocycles. The molecule has 4 nitrogen and oxygen atoms in total. The van der Waals surface area contributed by atoms with Gasteiger partial charge in [0.15, 0.2) is 0 Å². The summed E-state index contributed by atoms with van der Waals surface area (Å²) >= 11 is 0. The number of furan rings is 1. The first-order chi connectivity index (χ1) is 12.8. The third-order valence-electron chi connectivity index (χ3n) is 4.17. The number of aromatic nitrogens is 2. The fourth-order valence-electron chi connectivity index (χ4n) is 2.88. The highest BCUT2D eigenvalue weighted by atomic mass is 19.1. The van der Waals surface area contributed by atoms with Gasteiger partial charge in [-0.3, -0.25) is 0 Å². The topological polar surface area (TPSA) is 54.8 Å². The molecule has 0 aliphatic carbocycles. The zero-order valence-electron chi connectivity index (χ0n) is 13.8. The van der Waals surface area contributed by atoms with Crippen molar-refractivity contribution in [1.29, 1.82) is 5.26 Å². The van der Waals surface area contributed by atoms with Gasteiger partial charge in [-0.05, 0) is 18.2 Å². The maximum Gasteiger partial charge on any atom is 0.140 e. The molecule has 0 amide bonds. The smallest absolute Gasteiger partial charge is 0.140 e. The van der Waals surface area contributed by atoms with E-state index in [1.807, 2.05) is 30.3 Å². The molecule has 2 heterocycles. The minimum atomic E-state index is -0.452. The van der Waals surface area contributed by atoms with E-state index in [0.29, 0.717) is 23.6 Å². The Morgan fingerprint density at radius 2 is 1.85 bits per heavy atom. The van der Waals surface area contributed by atoms with Gasteiger partial charge in [-0.2, -0.15) is 5.26 Å². The number of halogens is 1. The van der Waals surface area contributed by atoms with E-state index in [-0.39, 0.29) is 11.1 Å². The quantitative estimate of drug-likeness (QED) is 0.531.